The summed E-state index contributed by atoms with van der Waals surface area (Å²) in [6.45, 7) is 3.48. The van der Waals surface area contributed by atoms with Crippen LogP contribution in [-0.4, -0.2) is 35.1 Å². The van der Waals surface area contributed by atoms with E-state index in [-0.39, 0.29) is 17.7 Å². The maximum Gasteiger partial charge on any atom is 0.326 e. The van der Waals surface area contributed by atoms with Crippen molar-refractivity contribution in [2.24, 2.45) is 0 Å². The van der Waals surface area contributed by atoms with Crippen molar-refractivity contribution in [3.63, 3.8) is 0 Å². The molecule has 0 radical (unpaired) electrons. The number of nitrogens with one attached hydrogen (secondary N) is 1. The standard InChI is InChI=1S/C14H16N2O6/c1-3-4-5-11(14(18)19)15-13(17)10-8-9(22-2)6-7-12(10)16(20)21/h3,6-8,11H,1,4-5H2,2H3,(H,15,17)(H,18,19). The Morgan fingerprint density at radius 2 is 2.23 bits per heavy atom. The monoisotopic (exact) mass is 308 g/mol. The van der Waals surface area contributed by atoms with E-state index in [2.05, 4.69) is 11.9 Å². The number of ether oxygens (including phenoxy) is 1. The van der Waals surface area contributed by atoms with Crippen LogP contribution in [0.3, 0.4) is 0 Å². The van der Waals surface area contributed by atoms with Crippen molar-refractivity contribution in [3.8, 4) is 5.75 Å². The predicted octanol–water partition coefficient (Wildman–Crippen LogP) is 1.75. The quantitative estimate of drug-likeness (QED) is 0.429. The lowest BCUT2D eigenvalue weighted by Crippen LogP contribution is -2.40. The van der Waals surface area contributed by atoms with Gasteiger partial charge in [0.15, 0.2) is 0 Å². The molecule has 0 spiro atoms. The molecule has 0 saturated carbocycles. The largest absolute Gasteiger partial charge is 0.497 e. The molecule has 1 rings (SSSR count). The third kappa shape index (κ3) is 4.30. The van der Waals surface area contributed by atoms with Crippen LogP contribution in [-0.2, 0) is 4.79 Å². The van der Waals surface area contributed by atoms with Gasteiger partial charge in [0.1, 0.15) is 17.4 Å². The molecule has 8 nitrogen and oxygen atoms in total. The summed E-state index contributed by atoms with van der Waals surface area (Å²) in [6, 6.07) is 2.52. The van der Waals surface area contributed by atoms with Crippen molar-refractivity contribution in [1.29, 1.82) is 0 Å². The van der Waals surface area contributed by atoms with E-state index in [1.54, 1.807) is 0 Å². The van der Waals surface area contributed by atoms with Crippen molar-refractivity contribution in [3.05, 3.63) is 46.5 Å². The number of aliphatic carboxylic acids is 1. The van der Waals surface area contributed by atoms with Crippen LogP contribution in [0.1, 0.15) is 23.2 Å². The molecular weight excluding hydrogens is 292 g/mol. The highest BCUT2D eigenvalue weighted by molar-refractivity contribution is 6.00. The molecule has 1 amide bonds. The van der Waals surface area contributed by atoms with Crippen LogP contribution in [0, 0.1) is 10.1 Å². The smallest absolute Gasteiger partial charge is 0.326 e. The van der Waals surface area contributed by atoms with Gasteiger partial charge in [-0.2, -0.15) is 0 Å². The van der Waals surface area contributed by atoms with Gasteiger partial charge in [0, 0.05) is 6.07 Å². The van der Waals surface area contributed by atoms with Crippen LogP contribution in [0.25, 0.3) is 0 Å². The fourth-order valence-corrected chi connectivity index (χ4v) is 1.76. The van der Waals surface area contributed by atoms with Gasteiger partial charge in [0.2, 0.25) is 0 Å². The van der Waals surface area contributed by atoms with Crippen molar-refractivity contribution in [1.82, 2.24) is 5.32 Å². The highest BCUT2D eigenvalue weighted by Crippen LogP contribution is 2.24. The molecule has 1 aromatic rings. The number of carbonyl (C=O) groups excluding carboxylic acids is 1. The molecule has 0 aliphatic rings. The molecule has 1 atom stereocenters. The number of nitro benzene ring substituents is 1. The Hall–Kier alpha value is -2.90. The lowest BCUT2D eigenvalue weighted by molar-refractivity contribution is -0.385. The molecule has 0 saturated heterocycles. The molecule has 2 N–H and O–H groups in total. The fraction of sp³-hybridized carbons (Fsp3) is 0.286. The highest BCUT2D eigenvalue weighted by atomic mass is 16.6. The van der Waals surface area contributed by atoms with E-state index in [0.717, 1.165) is 6.07 Å². The van der Waals surface area contributed by atoms with Gasteiger partial charge >= 0.3 is 5.97 Å². The van der Waals surface area contributed by atoms with E-state index in [1.165, 1.54) is 25.3 Å². The second kappa shape index (κ2) is 7.77. The Morgan fingerprint density at radius 1 is 1.55 bits per heavy atom. The van der Waals surface area contributed by atoms with E-state index in [9.17, 15) is 19.7 Å². The minimum atomic E-state index is -1.22. The third-order valence-electron chi connectivity index (χ3n) is 2.91. The third-order valence-corrected chi connectivity index (χ3v) is 2.91. The van der Waals surface area contributed by atoms with Gasteiger partial charge in [-0.25, -0.2) is 4.79 Å². The maximum atomic E-state index is 12.2. The summed E-state index contributed by atoms with van der Waals surface area (Å²) >= 11 is 0. The summed E-state index contributed by atoms with van der Waals surface area (Å²) in [5.41, 5.74) is -0.680. The van der Waals surface area contributed by atoms with Crippen LogP contribution in [0.5, 0.6) is 5.75 Å². The van der Waals surface area contributed by atoms with Gasteiger partial charge < -0.3 is 15.2 Å². The number of methoxy groups -OCH3 is 1. The second-order valence-electron chi connectivity index (χ2n) is 4.37. The zero-order valence-corrected chi connectivity index (χ0v) is 11.9. The normalized spacial score (nSPS) is 11.3. The van der Waals surface area contributed by atoms with Gasteiger partial charge in [-0.05, 0) is 25.0 Å². The number of hydrogen-bond acceptors (Lipinski definition) is 5. The summed E-state index contributed by atoms with van der Waals surface area (Å²) in [5, 5.41) is 22.3. The summed E-state index contributed by atoms with van der Waals surface area (Å²) < 4.78 is 4.92. The first-order valence-electron chi connectivity index (χ1n) is 6.37. The first-order valence-corrected chi connectivity index (χ1v) is 6.37. The van der Waals surface area contributed by atoms with E-state index >= 15 is 0 Å². The molecule has 0 fully saturated rings. The van der Waals surface area contributed by atoms with Crippen LogP contribution in [0.4, 0.5) is 5.69 Å². The topological polar surface area (TPSA) is 119 Å². The van der Waals surface area contributed by atoms with Crippen LogP contribution in [0.2, 0.25) is 0 Å². The van der Waals surface area contributed by atoms with Crippen molar-refractivity contribution >= 4 is 17.6 Å². The number of carbonyl (C=O) groups is 2. The zero-order valence-electron chi connectivity index (χ0n) is 11.9. The van der Waals surface area contributed by atoms with Crippen molar-refractivity contribution in [2.75, 3.05) is 7.11 Å². The summed E-state index contributed by atoms with van der Waals surface area (Å²) in [7, 11) is 1.35. The molecule has 0 aliphatic heterocycles. The molecule has 8 heteroatoms. The van der Waals surface area contributed by atoms with Gasteiger partial charge in [-0.1, -0.05) is 6.08 Å². The Morgan fingerprint density at radius 3 is 2.73 bits per heavy atom. The SMILES string of the molecule is C=CCCC(NC(=O)c1cc(OC)ccc1[N+](=O)[O-])C(=O)O. The highest BCUT2D eigenvalue weighted by Gasteiger charge is 2.25. The Labute approximate surface area is 126 Å². The number of nitro groups is 1. The summed E-state index contributed by atoms with van der Waals surface area (Å²) in [4.78, 5) is 33.5. The average Bonchev–Trinajstić information content (AvgIpc) is 2.49. The predicted molar refractivity (Wildman–Crippen MR) is 78.0 cm³/mol. The minimum absolute atomic E-state index is 0.141. The second-order valence-corrected chi connectivity index (χ2v) is 4.37. The maximum absolute atomic E-state index is 12.2. The van der Waals surface area contributed by atoms with E-state index < -0.39 is 28.5 Å². The number of carboxylic acids is 1. The van der Waals surface area contributed by atoms with Crippen molar-refractivity contribution in [2.45, 2.75) is 18.9 Å². The molecule has 0 bridgehead atoms. The number of carboxylic acid groups (broad SMARTS) is 1. The summed E-state index contributed by atoms with van der Waals surface area (Å²) in [5.74, 6) is -1.81. The number of nitrogens with zero attached hydrogens (tertiary/aromatic N) is 1. The van der Waals surface area contributed by atoms with Crippen LogP contribution < -0.4 is 10.1 Å². The van der Waals surface area contributed by atoms with Gasteiger partial charge in [-0.3, -0.25) is 14.9 Å². The lowest BCUT2D eigenvalue weighted by Gasteiger charge is -2.14. The fourth-order valence-electron chi connectivity index (χ4n) is 1.76. The molecule has 22 heavy (non-hydrogen) atoms. The zero-order chi connectivity index (χ0) is 16.7. The molecule has 0 aliphatic carbocycles. The van der Waals surface area contributed by atoms with E-state index in [4.69, 9.17) is 9.84 Å². The molecule has 0 heterocycles. The van der Waals surface area contributed by atoms with Gasteiger partial charge in [0.05, 0.1) is 12.0 Å². The lowest BCUT2D eigenvalue weighted by atomic mass is 10.1. The average molecular weight is 308 g/mol. The molecule has 1 aromatic carbocycles. The van der Waals surface area contributed by atoms with Gasteiger partial charge in [0.25, 0.3) is 11.6 Å². The Bertz CT molecular complexity index is 599. The minimum Gasteiger partial charge on any atom is -0.497 e. The van der Waals surface area contributed by atoms with Gasteiger partial charge in [-0.15, -0.1) is 6.58 Å². The van der Waals surface area contributed by atoms with E-state index in [0.29, 0.717) is 6.42 Å². The number of rotatable bonds is 8. The first kappa shape index (κ1) is 17.2. The number of allylic oxidation sites excluding steroid dienone is 1. The Balaban J connectivity index is 3.06. The summed E-state index contributed by atoms with van der Waals surface area (Å²) in [6.07, 6.45) is 2.05. The number of amides is 1. The first-order chi connectivity index (χ1) is 10.4. The van der Waals surface area contributed by atoms with E-state index in [1.807, 2.05) is 0 Å². The number of benzene rings is 1. The molecule has 0 aromatic heterocycles. The van der Waals surface area contributed by atoms with Crippen molar-refractivity contribution < 1.29 is 24.4 Å². The molecular formula is C14H16N2O6. The number of hydrogen-bond donors (Lipinski definition) is 2. The molecule has 1 unspecified atom stereocenters. The van der Waals surface area contributed by atoms with Crippen LogP contribution >= 0.6 is 0 Å². The Kier molecular flexibility index (Phi) is 6.06. The molecule has 118 valence electrons. The van der Waals surface area contributed by atoms with Crippen LogP contribution in [0.15, 0.2) is 30.9 Å².